The van der Waals surface area contributed by atoms with E-state index in [9.17, 15) is 8.42 Å². The van der Waals surface area contributed by atoms with Gasteiger partial charge in [0.2, 0.25) is 10.0 Å². The SMILES string of the molecule is N#Cc1ccc(CS(=O)(=O)NCC2(CCO)CC2)cc1. The molecule has 0 amide bonds. The molecule has 1 aromatic carbocycles. The molecule has 20 heavy (non-hydrogen) atoms. The fourth-order valence-corrected chi connectivity index (χ4v) is 3.40. The number of hydrogen-bond acceptors (Lipinski definition) is 4. The fraction of sp³-hybridized carbons (Fsp3) is 0.500. The molecule has 1 saturated carbocycles. The molecule has 0 radical (unpaired) electrons. The lowest BCUT2D eigenvalue weighted by molar-refractivity contribution is 0.249. The number of sulfonamides is 1. The molecule has 0 unspecified atom stereocenters. The van der Waals surface area contributed by atoms with Crippen LogP contribution in [0.2, 0.25) is 0 Å². The molecule has 5 nitrogen and oxygen atoms in total. The molecule has 2 N–H and O–H groups in total. The summed E-state index contributed by atoms with van der Waals surface area (Å²) in [6.07, 6.45) is 2.58. The van der Waals surface area contributed by atoms with E-state index in [0.717, 1.165) is 12.8 Å². The second-order valence-corrected chi connectivity index (χ2v) is 7.17. The molecule has 0 aliphatic heterocycles. The summed E-state index contributed by atoms with van der Waals surface area (Å²) >= 11 is 0. The van der Waals surface area contributed by atoms with Gasteiger partial charge in [-0.05, 0) is 42.4 Å². The molecular weight excluding hydrogens is 276 g/mol. The van der Waals surface area contributed by atoms with Crippen molar-refractivity contribution in [3.05, 3.63) is 35.4 Å². The number of rotatable bonds is 7. The van der Waals surface area contributed by atoms with Crippen LogP contribution in [-0.4, -0.2) is 26.7 Å². The number of nitriles is 1. The Hall–Kier alpha value is -1.42. The van der Waals surface area contributed by atoms with Crippen molar-refractivity contribution >= 4 is 10.0 Å². The number of hydrogen-bond donors (Lipinski definition) is 2. The van der Waals surface area contributed by atoms with Crippen LogP contribution in [0.15, 0.2) is 24.3 Å². The van der Waals surface area contributed by atoms with E-state index in [2.05, 4.69) is 4.72 Å². The summed E-state index contributed by atoms with van der Waals surface area (Å²) < 4.78 is 26.6. The highest BCUT2D eigenvalue weighted by Crippen LogP contribution is 2.48. The number of benzene rings is 1. The maximum atomic E-state index is 12.0. The normalized spacial score (nSPS) is 16.6. The standard InChI is InChI=1S/C14H18N2O3S/c15-9-12-1-3-13(4-2-12)10-20(18,19)16-11-14(5-6-14)7-8-17/h1-4,16-17H,5-8,10-11H2. The van der Waals surface area contributed by atoms with Crippen molar-refractivity contribution in [2.24, 2.45) is 5.41 Å². The fourth-order valence-electron chi connectivity index (χ4n) is 2.14. The van der Waals surface area contributed by atoms with E-state index in [-0.39, 0.29) is 17.8 Å². The minimum atomic E-state index is -3.38. The van der Waals surface area contributed by atoms with E-state index in [0.29, 0.717) is 24.1 Å². The maximum Gasteiger partial charge on any atom is 0.215 e. The molecule has 1 aliphatic carbocycles. The Morgan fingerprint density at radius 3 is 2.45 bits per heavy atom. The van der Waals surface area contributed by atoms with E-state index in [1.165, 1.54) is 0 Å². The molecule has 2 rings (SSSR count). The van der Waals surface area contributed by atoms with Gasteiger partial charge in [0.15, 0.2) is 0 Å². The topological polar surface area (TPSA) is 90.2 Å². The highest BCUT2D eigenvalue weighted by Gasteiger charge is 2.42. The largest absolute Gasteiger partial charge is 0.396 e. The van der Waals surface area contributed by atoms with Crippen molar-refractivity contribution in [2.75, 3.05) is 13.2 Å². The highest BCUT2D eigenvalue weighted by atomic mass is 32.2. The Balaban J connectivity index is 1.92. The van der Waals surface area contributed by atoms with E-state index in [1.807, 2.05) is 6.07 Å². The molecule has 6 heteroatoms. The monoisotopic (exact) mass is 294 g/mol. The van der Waals surface area contributed by atoms with Gasteiger partial charge in [0, 0.05) is 13.2 Å². The van der Waals surface area contributed by atoms with Gasteiger partial charge >= 0.3 is 0 Å². The first-order chi connectivity index (χ1) is 9.49. The van der Waals surface area contributed by atoms with Crippen molar-refractivity contribution in [1.29, 1.82) is 5.26 Å². The lowest BCUT2D eigenvalue weighted by Gasteiger charge is -2.14. The van der Waals surface area contributed by atoms with Crippen LogP contribution in [0.25, 0.3) is 0 Å². The third-order valence-corrected chi connectivity index (χ3v) is 5.00. The van der Waals surface area contributed by atoms with Crippen molar-refractivity contribution in [3.63, 3.8) is 0 Å². The molecule has 0 atom stereocenters. The van der Waals surface area contributed by atoms with E-state index in [1.54, 1.807) is 24.3 Å². The minimum absolute atomic E-state index is 0.0352. The lowest BCUT2D eigenvalue weighted by Crippen LogP contribution is -2.31. The molecule has 0 spiro atoms. The summed E-state index contributed by atoms with van der Waals surface area (Å²) in [5.41, 5.74) is 1.13. The van der Waals surface area contributed by atoms with Crippen LogP contribution in [0.5, 0.6) is 0 Å². The predicted octanol–water partition coefficient (Wildman–Crippen LogP) is 1.14. The minimum Gasteiger partial charge on any atom is -0.396 e. The van der Waals surface area contributed by atoms with Crippen molar-refractivity contribution in [1.82, 2.24) is 4.72 Å². The predicted molar refractivity (Wildman–Crippen MR) is 75.2 cm³/mol. The molecule has 0 saturated heterocycles. The van der Waals surface area contributed by atoms with Gasteiger partial charge in [0.05, 0.1) is 17.4 Å². The van der Waals surface area contributed by atoms with Crippen molar-refractivity contribution < 1.29 is 13.5 Å². The molecular formula is C14H18N2O3S. The van der Waals surface area contributed by atoms with Gasteiger partial charge in [0.1, 0.15) is 0 Å². The van der Waals surface area contributed by atoms with E-state index < -0.39 is 10.0 Å². The maximum absolute atomic E-state index is 12.0. The Bertz CT molecular complexity index is 598. The Kier molecular flexibility index (Phi) is 4.43. The average molecular weight is 294 g/mol. The van der Waals surface area contributed by atoms with Crippen LogP contribution < -0.4 is 4.72 Å². The molecule has 0 bridgehead atoms. The van der Waals surface area contributed by atoms with E-state index in [4.69, 9.17) is 10.4 Å². The van der Waals surface area contributed by atoms with Gasteiger partial charge in [-0.1, -0.05) is 12.1 Å². The van der Waals surface area contributed by atoms with Crippen molar-refractivity contribution in [2.45, 2.75) is 25.0 Å². The summed E-state index contributed by atoms with van der Waals surface area (Å²) in [6.45, 7) is 0.490. The van der Waals surface area contributed by atoms with E-state index >= 15 is 0 Å². The third-order valence-electron chi connectivity index (χ3n) is 3.71. The summed E-state index contributed by atoms with van der Waals surface area (Å²) in [5.74, 6) is -0.0894. The molecule has 1 fully saturated rings. The zero-order valence-corrected chi connectivity index (χ0v) is 12.0. The van der Waals surface area contributed by atoms with Crippen LogP contribution in [0.3, 0.4) is 0 Å². The lowest BCUT2D eigenvalue weighted by atomic mass is 10.0. The summed E-state index contributed by atoms with van der Waals surface area (Å²) in [4.78, 5) is 0. The molecule has 1 aliphatic rings. The van der Waals surface area contributed by atoms with Crippen LogP contribution in [0.4, 0.5) is 0 Å². The van der Waals surface area contributed by atoms with Gasteiger partial charge in [-0.3, -0.25) is 0 Å². The highest BCUT2D eigenvalue weighted by molar-refractivity contribution is 7.88. The average Bonchev–Trinajstić information content (AvgIpc) is 3.18. The van der Waals surface area contributed by atoms with Crippen LogP contribution in [-0.2, 0) is 15.8 Å². The number of aliphatic hydroxyl groups is 1. The first kappa shape index (κ1) is 15.0. The zero-order chi connectivity index (χ0) is 14.6. The van der Waals surface area contributed by atoms with Gasteiger partial charge < -0.3 is 5.11 Å². The van der Waals surface area contributed by atoms with Crippen LogP contribution >= 0.6 is 0 Å². The Morgan fingerprint density at radius 2 is 1.95 bits per heavy atom. The van der Waals surface area contributed by atoms with Crippen molar-refractivity contribution in [3.8, 4) is 6.07 Å². The summed E-state index contributed by atoms with van der Waals surface area (Å²) in [7, 11) is -3.38. The van der Waals surface area contributed by atoms with Gasteiger partial charge in [-0.2, -0.15) is 5.26 Å². The van der Waals surface area contributed by atoms with Crippen LogP contribution in [0, 0.1) is 16.7 Å². The molecule has 0 aromatic heterocycles. The zero-order valence-electron chi connectivity index (χ0n) is 11.2. The third kappa shape index (κ3) is 4.04. The summed E-state index contributed by atoms with van der Waals surface area (Å²) in [5, 5.41) is 17.6. The quantitative estimate of drug-likeness (QED) is 0.789. The Labute approximate surface area is 119 Å². The molecule has 1 aromatic rings. The second-order valence-electron chi connectivity index (χ2n) is 5.36. The summed E-state index contributed by atoms with van der Waals surface area (Å²) in [6, 6.07) is 8.52. The smallest absolute Gasteiger partial charge is 0.215 e. The first-order valence-corrected chi connectivity index (χ1v) is 8.21. The number of aliphatic hydroxyl groups excluding tert-OH is 1. The van der Waals surface area contributed by atoms with Gasteiger partial charge in [-0.25, -0.2) is 13.1 Å². The van der Waals surface area contributed by atoms with Gasteiger partial charge in [0.25, 0.3) is 0 Å². The molecule has 0 heterocycles. The first-order valence-electron chi connectivity index (χ1n) is 6.56. The number of nitrogens with one attached hydrogen (secondary N) is 1. The van der Waals surface area contributed by atoms with Crippen LogP contribution in [0.1, 0.15) is 30.4 Å². The number of nitrogens with zero attached hydrogens (tertiary/aromatic N) is 1. The second kappa shape index (κ2) is 5.92. The van der Waals surface area contributed by atoms with Gasteiger partial charge in [-0.15, -0.1) is 0 Å². The molecule has 108 valence electrons. The Morgan fingerprint density at radius 1 is 1.30 bits per heavy atom.